The van der Waals surface area contributed by atoms with Crippen LogP contribution in [-0.4, -0.2) is 57.8 Å². The number of alkyl halides is 3. The molecular formula is C27H26ClF3N4O5. The summed E-state index contributed by atoms with van der Waals surface area (Å²) in [6, 6.07) is 8.96. The number of methoxy groups -OCH3 is 1. The molecule has 0 saturated carbocycles. The SMILES string of the molecule is CCOC(=O)C1CCN1C(=O)C[C@H]1O[C@H](c2cccc(OC)c2C)c2cc(Cl)ccc2-n2c1nnc2C(F)(F)F. The Morgan fingerprint density at radius 1 is 1.18 bits per heavy atom. The van der Waals surface area contributed by atoms with Gasteiger partial charge in [-0.25, -0.2) is 4.79 Å². The minimum absolute atomic E-state index is 0.118. The van der Waals surface area contributed by atoms with E-state index in [0.29, 0.717) is 35.4 Å². The van der Waals surface area contributed by atoms with E-state index in [1.165, 1.54) is 30.2 Å². The summed E-state index contributed by atoms with van der Waals surface area (Å²) in [5.41, 5.74) is 1.76. The number of hydrogen-bond acceptors (Lipinski definition) is 7. The molecule has 2 aliphatic rings. The standard InChI is InChI=1S/C27H26ClF3N4O5/c1-4-39-25(37)19-10-11-34(19)22(36)13-21-24-32-33-26(27(29,30)31)35(24)18-9-8-15(28)12-17(18)23(40-21)16-6-5-7-20(38-3)14(16)2/h5-9,12,19,21,23H,4,10-11,13H2,1-3H3/t19?,21-,23-/m1/s1. The highest BCUT2D eigenvalue weighted by atomic mass is 35.5. The number of ether oxygens (including phenoxy) is 3. The maximum Gasteiger partial charge on any atom is 0.452 e. The van der Waals surface area contributed by atoms with Crippen molar-refractivity contribution in [2.75, 3.05) is 20.3 Å². The number of carbonyl (C=O) groups is 2. The van der Waals surface area contributed by atoms with Gasteiger partial charge in [0.1, 0.15) is 24.0 Å². The van der Waals surface area contributed by atoms with Crippen molar-refractivity contribution in [1.82, 2.24) is 19.7 Å². The third-order valence-electron chi connectivity index (χ3n) is 7.13. The van der Waals surface area contributed by atoms with E-state index in [-0.39, 0.29) is 29.6 Å². The number of aromatic nitrogens is 3. The lowest BCUT2D eigenvalue weighted by Gasteiger charge is -2.39. The van der Waals surface area contributed by atoms with E-state index < -0.39 is 42.1 Å². The summed E-state index contributed by atoms with van der Waals surface area (Å²) in [6.45, 7) is 3.94. The van der Waals surface area contributed by atoms with E-state index in [1.54, 1.807) is 32.0 Å². The van der Waals surface area contributed by atoms with Crippen LogP contribution in [0.3, 0.4) is 0 Å². The van der Waals surface area contributed by atoms with Crippen molar-refractivity contribution >= 4 is 23.5 Å². The van der Waals surface area contributed by atoms with Crippen molar-refractivity contribution < 1.29 is 37.0 Å². The largest absolute Gasteiger partial charge is 0.496 e. The lowest BCUT2D eigenvalue weighted by atomic mass is 9.95. The van der Waals surface area contributed by atoms with Crippen LogP contribution < -0.4 is 4.74 Å². The van der Waals surface area contributed by atoms with Gasteiger partial charge in [0.05, 0.1) is 25.8 Å². The Morgan fingerprint density at radius 2 is 1.95 bits per heavy atom. The predicted molar refractivity (Wildman–Crippen MR) is 136 cm³/mol. The number of esters is 1. The molecule has 3 atom stereocenters. The Balaban J connectivity index is 1.63. The normalized spacial score (nSPS) is 20.2. The van der Waals surface area contributed by atoms with Gasteiger partial charge < -0.3 is 19.1 Å². The lowest BCUT2D eigenvalue weighted by Crippen LogP contribution is -2.56. The number of benzene rings is 2. The summed E-state index contributed by atoms with van der Waals surface area (Å²) in [7, 11) is 1.51. The average molecular weight is 579 g/mol. The number of fused-ring (bicyclic) bond motifs is 3. The van der Waals surface area contributed by atoms with E-state index in [0.717, 1.165) is 4.57 Å². The zero-order valence-corrected chi connectivity index (χ0v) is 22.6. The van der Waals surface area contributed by atoms with Crippen LogP contribution in [0.5, 0.6) is 5.75 Å². The van der Waals surface area contributed by atoms with Gasteiger partial charge in [0.25, 0.3) is 0 Å². The van der Waals surface area contributed by atoms with Crippen molar-refractivity contribution in [1.29, 1.82) is 0 Å². The first-order chi connectivity index (χ1) is 19.0. The van der Waals surface area contributed by atoms with Crippen molar-refractivity contribution in [3.8, 4) is 11.4 Å². The van der Waals surface area contributed by atoms with E-state index in [4.69, 9.17) is 25.8 Å². The third kappa shape index (κ3) is 4.90. The fourth-order valence-electron chi connectivity index (χ4n) is 5.13. The van der Waals surface area contributed by atoms with Crippen LogP contribution in [0.1, 0.15) is 60.3 Å². The molecule has 3 aromatic rings. The Labute approximate surface area is 232 Å². The molecule has 1 fully saturated rings. The molecule has 0 bridgehead atoms. The first-order valence-electron chi connectivity index (χ1n) is 12.6. The molecule has 1 aromatic heterocycles. The van der Waals surface area contributed by atoms with Crippen LogP contribution >= 0.6 is 11.6 Å². The predicted octanol–water partition coefficient (Wildman–Crippen LogP) is 4.97. The number of halogens is 4. The molecule has 2 aromatic carbocycles. The Hall–Kier alpha value is -3.64. The second-order valence-corrected chi connectivity index (χ2v) is 9.88. The number of hydrogen-bond donors (Lipinski definition) is 0. The zero-order chi connectivity index (χ0) is 28.8. The van der Waals surface area contributed by atoms with Crippen LogP contribution in [0, 0.1) is 6.92 Å². The van der Waals surface area contributed by atoms with Crippen LogP contribution in [-0.2, 0) is 25.2 Å². The van der Waals surface area contributed by atoms with Gasteiger partial charge in [-0.05, 0) is 55.7 Å². The second kappa shape index (κ2) is 10.7. The summed E-state index contributed by atoms with van der Waals surface area (Å²) in [5, 5.41) is 7.57. The molecule has 40 heavy (non-hydrogen) atoms. The number of carbonyl (C=O) groups excluding carboxylic acids is 2. The molecule has 1 unspecified atom stereocenters. The van der Waals surface area contributed by atoms with Crippen molar-refractivity contribution in [3.05, 3.63) is 69.8 Å². The van der Waals surface area contributed by atoms with Crippen molar-refractivity contribution in [2.45, 2.75) is 51.1 Å². The Kier molecular flexibility index (Phi) is 7.49. The van der Waals surface area contributed by atoms with Crippen molar-refractivity contribution in [2.24, 2.45) is 0 Å². The van der Waals surface area contributed by atoms with Gasteiger partial charge in [0, 0.05) is 17.1 Å². The molecule has 1 saturated heterocycles. The van der Waals surface area contributed by atoms with Crippen LogP contribution in [0.4, 0.5) is 13.2 Å². The molecule has 0 aliphatic carbocycles. The van der Waals surface area contributed by atoms with Crippen molar-refractivity contribution in [3.63, 3.8) is 0 Å². The molecule has 0 spiro atoms. The van der Waals surface area contributed by atoms with Gasteiger partial charge >= 0.3 is 12.1 Å². The van der Waals surface area contributed by atoms with Crippen LogP contribution in [0.2, 0.25) is 5.02 Å². The van der Waals surface area contributed by atoms with Gasteiger partial charge in [-0.3, -0.25) is 9.36 Å². The molecule has 13 heteroatoms. The van der Waals surface area contributed by atoms with E-state index in [2.05, 4.69) is 10.2 Å². The highest BCUT2D eigenvalue weighted by molar-refractivity contribution is 6.30. The van der Waals surface area contributed by atoms with Crippen LogP contribution in [0.15, 0.2) is 36.4 Å². The maximum absolute atomic E-state index is 14.2. The van der Waals surface area contributed by atoms with Gasteiger partial charge in [-0.1, -0.05) is 23.7 Å². The highest BCUT2D eigenvalue weighted by Gasteiger charge is 2.45. The number of nitrogens with zero attached hydrogens (tertiary/aromatic N) is 4. The van der Waals surface area contributed by atoms with Gasteiger partial charge in [0.15, 0.2) is 5.82 Å². The molecular weight excluding hydrogens is 553 g/mol. The summed E-state index contributed by atoms with van der Waals surface area (Å²) in [6.07, 6.45) is -7.00. The third-order valence-corrected chi connectivity index (χ3v) is 7.37. The van der Waals surface area contributed by atoms with E-state index in [1.807, 2.05) is 0 Å². The fourth-order valence-corrected chi connectivity index (χ4v) is 5.31. The topological polar surface area (TPSA) is 95.8 Å². The smallest absolute Gasteiger partial charge is 0.452 e. The number of amides is 1. The molecule has 0 radical (unpaired) electrons. The van der Waals surface area contributed by atoms with E-state index >= 15 is 0 Å². The first-order valence-corrected chi connectivity index (χ1v) is 13.0. The van der Waals surface area contributed by atoms with Crippen LogP contribution in [0.25, 0.3) is 5.69 Å². The van der Waals surface area contributed by atoms with E-state index in [9.17, 15) is 22.8 Å². The maximum atomic E-state index is 14.2. The zero-order valence-electron chi connectivity index (χ0n) is 21.9. The summed E-state index contributed by atoms with van der Waals surface area (Å²) in [4.78, 5) is 27.0. The average Bonchev–Trinajstić information content (AvgIpc) is 3.27. The number of rotatable bonds is 6. The highest BCUT2D eigenvalue weighted by Crippen LogP contribution is 2.45. The number of likely N-dealkylation sites (tertiary alicyclic amines) is 1. The summed E-state index contributed by atoms with van der Waals surface area (Å²) in [5.74, 6) is -1.92. The molecule has 0 N–H and O–H groups in total. The minimum Gasteiger partial charge on any atom is -0.496 e. The summed E-state index contributed by atoms with van der Waals surface area (Å²) < 4.78 is 60.3. The monoisotopic (exact) mass is 578 g/mol. The Bertz CT molecular complexity index is 1460. The molecule has 3 heterocycles. The fraction of sp³-hybridized carbons (Fsp3) is 0.407. The van der Waals surface area contributed by atoms with Gasteiger partial charge in [0.2, 0.25) is 11.7 Å². The second-order valence-electron chi connectivity index (χ2n) is 9.45. The Morgan fingerprint density at radius 3 is 2.60 bits per heavy atom. The molecule has 1 amide bonds. The van der Waals surface area contributed by atoms with Gasteiger partial charge in [-0.2, -0.15) is 13.2 Å². The molecule has 2 aliphatic heterocycles. The lowest BCUT2D eigenvalue weighted by molar-refractivity contribution is -0.163. The molecule has 9 nitrogen and oxygen atoms in total. The minimum atomic E-state index is -4.85. The molecule has 212 valence electrons. The quantitative estimate of drug-likeness (QED) is 0.381. The van der Waals surface area contributed by atoms with Gasteiger partial charge in [-0.15, -0.1) is 10.2 Å². The first kappa shape index (κ1) is 27.9. The summed E-state index contributed by atoms with van der Waals surface area (Å²) >= 11 is 6.32. The molecule has 5 rings (SSSR count).